The highest BCUT2D eigenvalue weighted by Gasteiger charge is 2.26. The Morgan fingerprint density at radius 1 is 1.42 bits per heavy atom. The number of nitrogens with zero attached hydrogens (tertiary/aromatic N) is 2. The first kappa shape index (κ1) is 12.6. The molecule has 2 aliphatic rings. The average Bonchev–Trinajstić information content (AvgIpc) is 2.98. The van der Waals surface area contributed by atoms with Crippen molar-refractivity contribution in [1.82, 2.24) is 20.4 Å². The van der Waals surface area contributed by atoms with E-state index in [1.54, 1.807) is 6.20 Å². The van der Waals surface area contributed by atoms with Gasteiger partial charge in [-0.2, -0.15) is 5.10 Å². The van der Waals surface area contributed by atoms with Gasteiger partial charge >= 0.3 is 0 Å². The minimum atomic E-state index is 0.0811. The van der Waals surface area contributed by atoms with Crippen molar-refractivity contribution < 1.29 is 9.53 Å². The van der Waals surface area contributed by atoms with Crippen LogP contribution in [0.5, 0.6) is 0 Å². The number of nitrogens with one attached hydrogen (secondary N) is 2. The zero-order valence-electron chi connectivity index (χ0n) is 11.0. The zero-order chi connectivity index (χ0) is 13.1. The lowest BCUT2D eigenvalue weighted by Crippen LogP contribution is -2.41. The quantitative estimate of drug-likeness (QED) is 0.808. The van der Waals surface area contributed by atoms with Crippen LogP contribution in [0.25, 0.3) is 0 Å². The number of amides is 1. The van der Waals surface area contributed by atoms with Gasteiger partial charge in [-0.3, -0.25) is 9.89 Å². The van der Waals surface area contributed by atoms with Crippen LogP contribution in [-0.4, -0.2) is 60.4 Å². The van der Waals surface area contributed by atoms with Crippen molar-refractivity contribution in [1.29, 1.82) is 0 Å². The van der Waals surface area contributed by atoms with Crippen LogP contribution in [0.4, 0.5) is 0 Å². The van der Waals surface area contributed by atoms with E-state index in [2.05, 4.69) is 15.5 Å². The molecule has 0 spiro atoms. The highest BCUT2D eigenvalue weighted by molar-refractivity contribution is 5.95. The van der Waals surface area contributed by atoms with E-state index in [-0.39, 0.29) is 5.91 Å². The maximum absolute atomic E-state index is 12.5. The second-order valence-electron chi connectivity index (χ2n) is 5.15. The van der Waals surface area contributed by atoms with Crippen LogP contribution >= 0.6 is 0 Å². The molecule has 3 heterocycles. The number of morpholine rings is 1. The fourth-order valence-corrected chi connectivity index (χ4v) is 2.81. The van der Waals surface area contributed by atoms with Gasteiger partial charge in [-0.15, -0.1) is 0 Å². The van der Waals surface area contributed by atoms with Crippen LogP contribution in [0.1, 0.15) is 34.8 Å². The standard InChI is InChI=1S/C13H20N4O2/c18-13(17-4-6-19-7-5-17)11-9-15-16-12(11)10-2-1-3-14-8-10/h9-10,14H,1-8H2,(H,15,16)/t10-/m1/s1. The molecule has 1 aromatic rings. The van der Waals surface area contributed by atoms with Gasteiger partial charge in [0, 0.05) is 25.6 Å². The van der Waals surface area contributed by atoms with Crippen molar-refractivity contribution in [3.05, 3.63) is 17.5 Å². The predicted octanol–water partition coefficient (Wildman–Crippen LogP) is 0.349. The van der Waals surface area contributed by atoms with Crippen molar-refractivity contribution in [2.24, 2.45) is 0 Å². The smallest absolute Gasteiger partial charge is 0.257 e. The lowest BCUT2D eigenvalue weighted by molar-refractivity contribution is 0.0302. The Labute approximate surface area is 112 Å². The number of piperidine rings is 1. The van der Waals surface area contributed by atoms with E-state index in [0.29, 0.717) is 32.2 Å². The molecule has 19 heavy (non-hydrogen) atoms. The minimum absolute atomic E-state index is 0.0811. The molecule has 6 nitrogen and oxygen atoms in total. The van der Waals surface area contributed by atoms with Crippen molar-refractivity contribution in [2.75, 3.05) is 39.4 Å². The molecule has 2 saturated heterocycles. The molecule has 2 N–H and O–H groups in total. The number of aromatic amines is 1. The van der Waals surface area contributed by atoms with E-state index >= 15 is 0 Å². The number of aromatic nitrogens is 2. The third-order valence-corrected chi connectivity index (χ3v) is 3.90. The van der Waals surface area contributed by atoms with Crippen molar-refractivity contribution in [3.8, 4) is 0 Å². The van der Waals surface area contributed by atoms with Gasteiger partial charge in [0.25, 0.3) is 5.91 Å². The van der Waals surface area contributed by atoms with Gasteiger partial charge in [-0.05, 0) is 19.4 Å². The Kier molecular flexibility index (Phi) is 3.79. The van der Waals surface area contributed by atoms with E-state index in [1.165, 1.54) is 0 Å². The summed E-state index contributed by atoms with van der Waals surface area (Å²) in [7, 11) is 0. The van der Waals surface area contributed by atoms with Gasteiger partial charge in [-0.25, -0.2) is 0 Å². The monoisotopic (exact) mass is 264 g/mol. The first-order chi connectivity index (χ1) is 9.36. The summed E-state index contributed by atoms with van der Waals surface area (Å²) in [5, 5.41) is 10.5. The second-order valence-corrected chi connectivity index (χ2v) is 5.15. The Balaban J connectivity index is 1.76. The van der Waals surface area contributed by atoms with Gasteiger partial charge in [-0.1, -0.05) is 0 Å². The van der Waals surface area contributed by atoms with E-state index in [0.717, 1.165) is 37.2 Å². The molecule has 0 aliphatic carbocycles. The van der Waals surface area contributed by atoms with Crippen molar-refractivity contribution in [3.63, 3.8) is 0 Å². The highest BCUT2D eigenvalue weighted by Crippen LogP contribution is 2.25. The molecule has 6 heteroatoms. The molecule has 2 aliphatic heterocycles. The van der Waals surface area contributed by atoms with E-state index in [1.807, 2.05) is 4.90 Å². The maximum atomic E-state index is 12.5. The summed E-state index contributed by atoms with van der Waals surface area (Å²) in [5.74, 6) is 0.453. The Morgan fingerprint density at radius 2 is 2.26 bits per heavy atom. The fraction of sp³-hybridized carbons (Fsp3) is 0.692. The van der Waals surface area contributed by atoms with Crippen LogP contribution in [0, 0.1) is 0 Å². The van der Waals surface area contributed by atoms with Crippen LogP contribution in [0.15, 0.2) is 6.20 Å². The summed E-state index contributed by atoms with van der Waals surface area (Å²) >= 11 is 0. The topological polar surface area (TPSA) is 70.2 Å². The average molecular weight is 264 g/mol. The number of rotatable bonds is 2. The van der Waals surface area contributed by atoms with Gasteiger partial charge in [0.05, 0.1) is 30.7 Å². The van der Waals surface area contributed by atoms with E-state index in [4.69, 9.17) is 4.74 Å². The maximum Gasteiger partial charge on any atom is 0.257 e. The predicted molar refractivity (Wildman–Crippen MR) is 70.2 cm³/mol. The molecule has 0 unspecified atom stereocenters. The summed E-state index contributed by atoms with van der Waals surface area (Å²) in [6.45, 7) is 4.59. The summed E-state index contributed by atoms with van der Waals surface area (Å²) in [5.41, 5.74) is 1.72. The summed E-state index contributed by atoms with van der Waals surface area (Å²) < 4.78 is 5.29. The Bertz CT molecular complexity index is 434. The first-order valence-electron chi connectivity index (χ1n) is 6.97. The lowest BCUT2D eigenvalue weighted by Gasteiger charge is -2.28. The molecule has 104 valence electrons. The van der Waals surface area contributed by atoms with Crippen LogP contribution in [0.3, 0.4) is 0 Å². The largest absolute Gasteiger partial charge is 0.378 e. The highest BCUT2D eigenvalue weighted by atomic mass is 16.5. The third-order valence-electron chi connectivity index (χ3n) is 3.90. The molecule has 0 bridgehead atoms. The van der Waals surface area contributed by atoms with Gasteiger partial charge in [0.15, 0.2) is 0 Å². The number of carbonyl (C=O) groups is 1. The Hall–Kier alpha value is -1.40. The van der Waals surface area contributed by atoms with Crippen molar-refractivity contribution >= 4 is 5.91 Å². The summed E-state index contributed by atoms with van der Waals surface area (Å²) in [6.07, 6.45) is 3.93. The molecular weight excluding hydrogens is 244 g/mol. The van der Waals surface area contributed by atoms with Crippen LogP contribution in [0.2, 0.25) is 0 Å². The molecule has 0 radical (unpaired) electrons. The van der Waals surface area contributed by atoms with Crippen molar-refractivity contribution in [2.45, 2.75) is 18.8 Å². The van der Waals surface area contributed by atoms with Crippen LogP contribution < -0.4 is 5.32 Å². The van der Waals surface area contributed by atoms with Gasteiger partial charge < -0.3 is 15.0 Å². The summed E-state index contributed by atoms with van der Waals surface area (Å²) in [4.78, 5) is 14.4. The molecule has 1 atom stereocenters. The summed E-state index contributed by atoms with van der Waals surface area (Å²) in [6, 6.07) is 0. The van der Waals surface area contributed by atoms with Gasteiger partial charge in [0.1, 0.15) is 0 Å². The molecule has 2 fully saturated rings. The minimum Gasteiger partial charge on any atom is -0.378 e. The number of hydrogen-bond donors (Lipinski definition) is 2. The number of hydrogen-bond acceptors (Lipinski definition) is 4. The zero-order valence-corrected chi connectivity index (χ0v) is 11.0. The Morgan fingerprint density at radius 3 is 3.00 bits per heavy atom. The second kappa shape index (κ2) is 5.71. The first-order valence-corrected chi connectivity index (χ1v) is 6.97. The molecule has 0 aromatic carbocycles. The van der Waals surface area contributed by atoms with E-state index < -0.39 is 0 Å². The SMILES string of the molecule is O=C(c1cn[nH]c1[C@@H]1CCCNC1)N1CCOCC1. The molecule has 0 saturated carbocycles. The lowest BCUT2D eigenvalue weighted by atomic mass is 9.93. The third kappa shape index (κ3) is 2.64. The molecule has 3 rings (SSSR count). The fourth-order valence-electron chi connectivity index (χ4n) is 2.81. The molecular formula is C13H20N4O2. The van der Waals surface area contributed by atoms with Crippen LogP contribution in [-0.2, 0) is 4.74 Å². The normalized spacial score (nSPS) is 24.4. The van der Waals surface area contributed by atoms with E-state index in [9.17, 15) is 4.79 Å². The number of carbonyl (C=O) groups excluding carboxylic acids is 1. The number of ether oxygens (including phenoxy) is 1. The molecule has 1 amide bonds. The number of H-pyrrole nitrogens is 1. The molecule has 1 aromatic heterocycles. The van der Waals surface area contributed by atoms with Gasteiger partial charge in [0.2, 0.25) is 0 Å².